The van der Waals surface area contributed by atoms with Gasteiger partial charge < -0.3 is 8.37 Å². The molecule has 2 aromatic rings. The largest absolute Gasteiger partial charge is 0.441 e. The summed E-state index contributed by atoms with van der Waals surface area (Å²) in [4.78, 5) is 0. The van der Waals surface area contributed by atoms with Crippen LogP contribution in [0.5, 0.6) is 11.5 Å². The highest BCUT2D eigenvalue weighted by Gasteiger charge is 2.39. The summed E-state index contributed by atoms with van der Waals surface area (Å²) in [6.07, 6.45) is 0. The maximum absolute atomic E-state index is 11.9. The average molecular weight is 404 g/mol. The summed E-state index contributed by atoms with van der Waals surface area (Å²) in [5, 5.41) is 0. The number of rotatable bonds is 8. The molecule has 8 nitrogen and oxygen atoms in total. The molecule has 0 aliphatic carbocycles. The molecule has 0 saturated heterocycles. The number of hydrogen-bond donors (Lipinski definition) is 0. The maximum atomic E-state index is 11.9. The fraction of sp³-hybridized carbons (Fsp3) is 0.143. The van der Waals surface area contributed by atoms with Crippen LogP contribution in [-0.2, 0) is 28.5 Å². The van der Waals surface area contributed by atoms with Crippen LogP contribution in [0.3, 0.4) is 0 Å². The molecule has 0 N–H and O–H groups in total. The molecule has 0 atom stereocenters. The number of para-hydroxylation sites is 2. The lowest BCUT2D eigenvalue weighted by Gasteiger charge is -2.20. The SMILES string of the molecule is C[Si](C)(OS(=O)(=O)Oc1ccccc1)OS(=O)(=O)Oc1ccccc1. The van der Waals surface area contributed by atoms with Crippen molar-refractivity contribution in [3.63, 3.8) is 0 Å². The molecule has 0 saturated carbocycles. The van der Waals surface area contributed by atoms with Crippen LogP contribution in [0.1, 0.15) is 0 Å². The Kier molecular flexibility index (Phi) is 5.85. The van der Waals surface area contributed by atoms with Crippen LogP contribution in [-0.4, -0.2) is 25.4 Å². The monoisotopic (exact) mass is 404 g/mol. The highest BCUT2D eigenvalue weighted by Crippen LogP contribution is 2.20. The Morgan fingerprint density at radius 3 is 1.28 bits per heavy atom. The first kappa shape index (κ1) is 19.4. The standard InChI is InChI=1S/C14H16O8S2Si/c1-25(2,21-23(15,16)19-13-9-5-3-6-10-13)22-24(17,18)20-14-11-7-4-8-12-14/h3-12H,1-2H3. The molecular weight excluding hydrogens is 388 g/mol. The lowest BCUT2D eigenvalue weighted by molar-refractivity contribution is 0.322. The fourth-order valence-electron chi connectivity index (χ4n) is 1.73. The predicted octanol–water partition coefficient (Wildman–Crippen LogP) is 2.37. The minimum absolute atomic E-state index is 0.0238. The molecule has 2 rings (SSSR count). The van der Waals surface area contributed by atoms with E-state index in [1.54, 1.807) is 36.4 Å². The van der Waals surface area contributed by atoms with Crippen molar-refractivity contribution in [2.75, 3.05) is 0 Å². The van der Waals surface area contributed by atoms with E-state index in [1.807, 2.05) is 0 Å². The molecule has 0 heterocycles. The van der Waals surface area contributed by atoms with Gasteiger partial charge in [-0.3, -0.25) is 7.74 Å². The van der Waals surface area contributed by atoms with Crippen LogP contribution in [0.2, 0.25) is 13.1 Å². The Morgan fingerprint density at radius 1 is 0.640 bits per heavy atom. The zero-order valence-electron chi connectivity index (χ0n) is 13.4. The van der Waals surface area contributed by atoms with E-state index in [2.05, 4.69) is 0 Å². The molecule has 0 aliphatic rings. The maximum Gasteiger partial charge on any atom is 0.441 e. The van der Waals surface area contributed by atoms with Crippen LogP contribution in [0.4, 0.5) is 0 Å². The van der Waals surface area contributed by atoms with Crippen molar-refractivity contribution in [3.05, 3.63) is 60.7 Å². The third-order valence-electron chi connectivity index (χ3n) is 2.49. The Bertz CT molecular complexity index is 821. The third-order valence-corrected chi connectivity index (χ3v) is 8.13. The van der Waals surface area contributed by atoms with Gasteiger partial charge in [0, 0.05) is 0 Å². The highest BCUT2D eigenvalue weighted by atomic mass is 32.3. The molecule has 0 aromatic heterocycles. The molecular formula is C14H16O8S2Si. The summed E-state index contributed by atoms with van der Waals surface area (Å²) < 4.78 is 66.8. The second-order valence-corrected chi connectivity index (χ2v) is 11.3. The number of benzene rings is 2. The predicted molar refractivity (Wildman–Crippen MR) is 91.6 cm³/mol. The van der Waals surface area contributed by atoms with Crippen molar-refractivity contribution in [2.24, 2.45) is 0 Å². The van der Waals surface area contributed by atoms with Crippen LogP contribution >= 0.6 is 0 Å². The van der Waals surface area contributed by atoms with Gasteiger partial charge in [0.2, 0.25) is 0 Å². The van der Waals surface area contributed by atoms with E-state index >= 15 is 0 Å². The van der Waals surface area contributed by atoms with Gasteiger partial charge in [-0.15, -0.1) is 0 Å². The van der Waals surface area contributed by atoms with Crippen LogP contribution < -0.4 is 8.37 Å². The molecule has 0 bridgehead atoms. The van der Waals surface area contributed by atoms with Crippen molar-refractivity contribution in [3.8, 4) is 11.5 Å². The molecule has 25 heavy (non-hydrogen) atoms. The van der Waals surface area contributed by atoms with Gasteiger partial charge >= 0.3 is 29.4 Å². The molecule has 0 aliphatic heterocycles. The van der Waals surface area contributed by atoms with E-state index in [1.165, 1.54) is 37.4 Å². The quantitative estimate of drug-likeness (QED) is 0.618. The molecule has 0 amide bonds. The van der Waals surface area contributed by atoms with E-state index in [-0.39, 0.29) is 11.5 Å². The van der Waals surface area contributed by atoms with Gasteiger partial charge in [-0.2, -0.15) is 16.8 Å². The summed E-state index contributed by atoms with van der Waals surface area (Å²) in [6.45, 7) is 2.45. The normalized spacial score (nSPS) is 12.6. The molecule has 0 unspecified atom stereocenters. The van der Waals surface area contributed by atoms with Crippen molar-refractivity contribution < 1.29 is 32.9 Å². The summed E-state index contributed by atoms with van der Waals surface area (Å²) in [5.74, 6) is 0.0476. The Hall–Kier alpha value is -1.92. The molecule has 0 radical (unpaired) electrons. The molecule has 0 spiro atoms. The molecule has 2 aromatic carbocycles. The van der Waals surface area contributed by atoms with Gasteiger partial charge in [0.1, 0.15) is 11.5 Å². The van der Waals surface area contributed by atoms with Gasteiger partial charge in [-0.25, -0.2) is 0 Å². The fourth-order valence-corrected chi connectivity index (χ4v) is 6.99. The third kappa shape index (κ3) is 6.84. The molecule has 136 valence electrons. The second-order valence-electron chi connectivity index (χ2n) is 5.18. The van der Waals surface area contributed by atoms with E-state index in [4.69, 9.17) is 16.1 Å². The van der Waals surface area contributed by atoms with Gasteiger partial charge in [0.15, 0.2) is 0 Å². The minimum atomic E-state index is -4.52. The first-order chi connectivity index (χ1) is 11.6. The average Bonchev–Trinajstić information content (AvgIpc) is 2.45. The lowest BCUT2D eigenvalue weighted by Crippen LogP contribution is -2.41. The summed E-state index contributed by atoms with van der Waals surface area (Å²) in [6, 6.07) is 15.3. The van der Waals surface area contributed by atoms with E-state index in [0.29, 0.717) is 0 Å². The van der Waals surface area contributed by atoms with Crippen molar-refractivity contribution in [1.29, 1.82) is 0 Å². The first-order valence-electron chi connectivity index (χ1n) is 6.97. The second kappa shape index (κ2) is 7.54. The Labute approximate surface area is 147 Å². The van der Waals surface area contributed by atoms with Crippen molar-refractivity contribution >= 4 is 29.4 Å². The lowest BCUT2D eigenvalue weighted by atomic mass is 10.3. The van der Waals surface area contributed by atoms with Crippen molar-refractivity contribution in [2.45, 2.75) is 13.1 Å². The van der Waals surface area contributed by atoms with Crippen LogP contribution in [0, 0.1) is 0 Å². The number of hydrogen-bond acceptors (Lipinski definition) is 8. The van der Waals surface area contributed by atoms with Crippen molar-refractivity contribution in [1.82, 2.24) is 0 Å². The highest BCUT2D eigenvalue weighted by molar-refractivity contribution is 7.85. The van der Waals surface area contributed by atoms with Crippen LogP contribution in [0.25, 0.3) is 0 Å². The smallest absolute Gasteiger partial charge is 0.362 e. The summed E-state index contributed by atoms with van der Waals surface area (Å²) in [5.41, 5.74) is 0. The van der Waals surface area contributed by atoms with Gasteiger partial charge in [0.25, 0.3) is 0 Å². The van der Waals surface area contributed by atoms with E-state index < -0.39 is 29.4 Å². The minimum Gasteiger partial charge on any atom is -0.362 e. The molecule has 11 heteroatoms. The van der Waals surface area contributed by atoms with Gasteiger partial charge in [0.05, 0.1) is 0 Å². The Balaban J connectivity index is 2.05. The molecule has 0 fully saturated rings. The first-order valence-corrected chi connectivity index (χ1v) is 12.5. The Morgan fingerprint density at radius 2 is 0.960 bits per heavy atom. The zero-order chi connectivity index (χ0) is 18.6. The summed E-state index contributed by atoms with van der Waals surface area (Å²) >= 11 is 0. The zero-order valence-corrected chi connectivity index (χ0v) is 16.0. The van der Waals surface area contributed by atoms with E-state index in [0.717, 1.165) is 0 Å². The van der Waals surface area contributed by atoms with Gasteiger partial charge in [-0.05, 0) is 37.4 Å². The van der Waals surface area contributed by atoms with Crippen LogP contribution in [0.15, 0.2) is 60.7 Å². The van der Waals surface area contributed by atoms with Gasteiger partial charge in [-0.1, -0.05) is 36.4 Å². The van der Waals surface area contributed by atoms with E-state index in [9.17, 15) is 16.8 Å². The topological polar surface area (TPSA) is 105 Å². The summed E-state index contributed by atoms with van der Waals surface area (Å²) in [7, 11) is -12.7.